The second-order valence-corrected chi connectivity index (χ2v) is 9.79. The van der Waals surface area contributed by atoms with Crippen molar-refractivity contribution in [3.63, 3.8) is 0 Å². The number of aliphatic hydroxyl groups is 1. The van der Waals surface area contributed by atoms with Crippen molar-refractivity contribution >= 4 is 48.1 Å². The quantitative estimate of drug-likeness (QED) is 0.0854. The third kappa shape index (κ3) is 12.5. The first-order valence-electron chi connectivity index (χ1n) is 13.3. The number of carboxylic acids is 1. The summed E-state index contributed by atoms with van der Waals surface area (Å²) < 4.78 is 0. The SMILES string of the molecule is N[C@@H](CS)C(=O)NCC(=O)N[C@@H](CO)C(=O)NCC(=O)N[C@@H](Cc1ccccc1)C(=O)N[C@@H](Cc1ccccc1)C(=O)O. The molecule has 0 aliphatic rings. The molecule has 2 aromatic rings. The average molecular weight is 617 g/mol. The Hall–Kier alpha value is -4.47. The van der Waals surface area contributed by atoms with E-state index in [0.29, 0.717) is 11.1 Å². The van der Waals surface area contributed by atoms with E-state index in [-0.39, 0.29) is 18.6 Å². The van der Waals surface area contributed by atoms with E-state index >= 15 is 0 Å². The van der Waals surface area contributed by atoms with E-state index in [1.165, 1.54) is 0 Å². The second-order valence-electron chi connectivity index (χ2n) is 9.43. The van der Waals surface area contributed by atoms with Crippen LogP contribution in [0.2, 0.25) is 0 Å². The van der Waals surface area contributed by atoms with Crippen molar-refractivity contribution < 1.29 is 39.0 Å². The molecule has 0 heterocycles. The molecule has 0 bridgehead atoms. The van der Waals surface area contributed by atoms with Gasteiger partial charge in [0.1, 0.15) is 18.1 Å². The molecule has 4 atom stereocenters. The highest BCUT2D eigenvalue weighted by molar-refractivity contribution is 7.80. The van der Waals surface area contributed by atoms with Gasteiger partial charge >= 0.3 is 5.97 Å². The van der Waals surface area contributed by atoms with E-state index < -0.39 is 79.4 Å². The Bertz CT molecular complexity index is 1250. The number of carboxylic acid groups (broad SMARTS) is 1. The topological polar surface area (TPSA) is 229 Å². The number of carbonyl (C=O) groups excluding carboxylic acids is 5. The molecule has 0 saturated heterocycles. The smallest absolute Gasteiger partial charge is 0.326 e. The molecule has 0 radical (unpaired) electrons. The summed E-state index contributed by atoms with van der Waals surface area (Å²) in [6.07, 6.45) is 0.0475. The zero-order valence-corrected chi connectivity index (χ0v) is 24.1. The molecule has 2 rings (SSSR count). The lowest BCUT2D eigenvalue weighted by Gasteiger charge is -2.22. The van der Waals surface area contributed by atoms with Crippen LogP contribution in [0.4, 0.5) is 0 Å². The third-order valence-electron chi connectivity index (χ3n) is 6.05. The van der Waals surface area contributed by atoms with Gasteiger partial charge in [0, 0.05) is 18.6 Å². The van der Waals surface area contributed by atoms with E-state index in [2.05, 4.69) is 39.2 Å². The zero-order chi connectivity index (χ0) is 31.8. The van der Waals surface area contributed by atoms with Crippen LogP contribution in [0, 0.1) is 0 Å². The number of thiol groups is 1. The lowest BCUT2D eigenvalue weighted by Crippen LogP contribution is -2.56. The summed E-state index contributed by atoms with van der Waals surface area (Å²) in [6.45, 7) is -1.94. The number of hydrogen-bond donors (Lipinski definition) is 9. The minimum Gasteiger partial charge on any atom is -0.480 e. The first-order chi connectivity index (χ1) is 20.5. The van der Waals surface area contributed by atoms with Crippen LogP contribution in [0.1, 0.15) is 11.1 Å². The van der Waals surface area contributed by atoms with Crippen LogP contribution >= 0.6 is 12.6 Å². The molecular formula is C28H36N6O8S. The fraction of sp³-hybridized carbons (Fsp3) is 0.357. The number of hydrogen-bond acceptors (Lipinski definition) is 9. The minimum absolute atomic E-state index is 0.0178. The molecule has 0 saturated carbocycles. The Balaban J connectivity index is 2.00. The van der Waals surface area contributed by atoms with E-state index in [1.54, 1.807) is 60.7 Å². The number of nitrogens with one attached hydrogen (secondary N) is 5. The Morgan fingerprint density at radius 2 is 1.14 bits per heavy atom. The Kier molecular flexibility index (Phi) is 14.7. The summed E-state index contributed by atoms with van der Waals surface area (Å²) in [6, 6.07) is 12.6. The van der Waals surface area contributed by atoms with Gasteiger partial charge in [-0.3, -0.25) is 24.0 Å². The van der Waals surface area contributed by atoms with Crippen molar-refractivity contribution in [2.45, 2.75) is 37.0 Å². The summed E-state index contributed by atoms with van der Waals surface area (Å²) in [5.41, 5.74) is 6.87. The van der Waals surface area contributed by atoms with Crippen molar-refractivity contribution in [2.24, 2.45) is 5.73 Å². The van der Waals surface area contributed by atoms with Gasteiger partial charge in [0.2, 0.25) is 29.5 Å². The maximum atomic E-state index is 13.2. The molecule has 0 aromatic heterocycles. The van der Waals surface area contributed by atoms with Crippen molar-refractivity contribution in [3.8, 4) is 0 Å². The van der Waals surface area contributed by atoms with Gasteiger partial charge in [-0.25, -0.2) is 4.79 Å². The number of benzene rings is 2. The minimum atomic E-state index is -1.44. The van der Waals surface area contributed by atoms with E-state index in [0.717, 1.165) is 0 Å². The van der Waals surface area contributed by atoms with Crippen molar-refractivity contribution in [2.75, 3.05) is 25.4 Å². The average Bonchev–Trinajstić information content (AvgIpc) is 3.01. The normalized spacial score (nSPS) is 13.4. The maximum absolute atomic E-state index is 13.2. The zero-order valence-electron chi connectivity index (χ0n) is 23.2. The van der Waals surface area contributed by atoms with Gasteiger partial charge in [-0.2, -0.15) is 12.6 Å². The maximum Gasteiger partial charge on any atom is 0.326 e. The van der Waals surface area contributed by atoms with Gasteiger partial charge in [-0.1, -0.05) is 60.7 Å². The molecule has 0 aliphatic heterocycles. The molecular weight excluding hydrogens is 580 g/mol. The number of rotatable bonds is 17. The molecule has 0 fully saturated rings. The van der Waals surface area contributed by atoms with Gasteiger partial charge in [0.25, 0.3) is 0 Å². The lowest BCUT2D eigenvalue weighted by atomic mass is 10.0. The van der Waals surface area contributed by atoms with Crippen molar-refractivity contribution in [1.29, 1.82) is 0 Å². The highest BCUT2D eigenvalue weighted by Gasteiger charge is 2.28. The van der Waals surface area contributed by atoms with Gasteiger partial charge in [-0.15, -0.1) is 0 Å². The van der Waals surface area contributed by atoms with E-state index in [1.807, 2.05) is 0 Å². The van der Waals surface area contributed by atoms with Crippen LogP contribution in [0.15, 0.2) is 60.7 Å². The monoisotopic (exact) mass is 616 g/mol. The molecule has 14 nitrogen and oxygen atoms in total. The molecule has 5 amide bonds. The summed E-state index contributed by atoms with van der Waals surface area (Å²) in [5, 5.41) is 30.9. The lowest BCUT2D eigenvalue weighted by molar-refractivity contribution is -0.142. The fourth-order valence-electron chi connectivity index (χ4n) is 3.74. The highest BCUT2D eigenvalue weighted by atomic mass is 32.1. The summed E-state index contributed by atoms with van der Waals surface area (Å²) in [5.74, 6) is -5.05. The predicted octanol–water partition coefficient (Wildman–Crippen LogP) is -2.51. The van der Waals surface area contributed by atoms with E-state index in [9.17, 15) is 39.0 Å². The van der Waals surface area contributed by atoms with Gasteiger partial charge < -0.3 is 42.5 Å². The summed E-state index contributed by atoms with van der Waals surface area (Å²) in [7, 11) is 0. The molecule has 43 heavy (non-hydrogen) atoms. The van der Waals surface area contributed by atoms with Crippen molar-refractivity contribution in [3.05, 3.63) is 71.8 Å². The Morgan fingerprint density at radius 3 is 1.60 bits per heavy atom. The van der Waals surface area contributed by atoms with Gasteiger partial charge in [0.15, 0.2) is 0 Å². The van der Waals surface area contributed by atoms with Crippen LogP contribution in [-0.2, 0) is 41.6 Å². The molecule has 232 valence electrons. The Labute approximate surface area is 253 Å². The van der Waals surface area contributed by atoms with Crippen LogP contribution in [0.5, 0.6) is 0 Å². The van der Waals surface area contributed by atoms with Crippen LogP contribution in [-0.4, -0.2) is 95.3 Å². The first kappa shape index (κ1) is 34.7. The van der Waals surface area contributed by atoms with Crippen LogP contribution < -0.4 is 32.3 Å². The largest absolute Gasteiger partial charge is 0.480 e. The molecule has 2 aromatic carbocycles. The predicted molar refractivity (Wildman–Crippen MR) is 159 cm³/mol. The number of carbonyl (C=O) groups is 6. The van der Waals surface area contributed by atoms with Crippen LogP contribution in [0.3, 0.4) is 0 Å². The van der Waals surface area contributed by atoms with E-state index in [4.69, 9.17) is 5.73 Å². The number of aliphatic carboxylic acids is 1. The summed E-state index contributed by atoms with van der Waals surface area (Å²) >= 11 is 3.88. The van der Waals surface area contributed by atoms with Gasteiger partial charge in [-0.05, 0) is 11.1 Å². The number of nitrogens with two attached hydrogens (primary N) is 1. The standard InChI is InChI=1S/C28H36N6O8S/c29-19(16-43)25(38)30-13-24(37)33-22(15-35)26(39)31-14-23(36)32-20(11-17-7-3-1-4-8-17)27(40)34-21(28(41)42)12-18-9-5-2-6-10-18/h1-10,19-22,35,43H,11-16,29H2,(H,30,38)(H,31,39)(H,32,36)(H,33,37)(H,34,40)(H,41,42)/t19-,20-,21-,22-/m0/s1. The number of aliphatic hydroxyl groups excluding tert-OH is 1. The molecule has 0 unspecified atom stereocenters. The van der Waals surface area contributed by atoms with Crippen molar-refractivity contribution in [1.82, 2.24) is 26.6 Å². The summed E-state index contributed by atoms with van der Waals surface area (Å²) in [4.78, 5) is 74.0. The molecule has 0 spiro atoms. The number of amides is 5. The third-order valence-corrected chi connectivity index (χ3v) is 6.44. The molecule has 15 heteroatoms. The fourth-order valence-corrected chi connectivity index (χ4v) is 3.90. The Morgan fingerprint density at radius 1 is 0.674 bits per heavy atom. The van der Waals surface area contributed by atoms with Crippen LogP contribution in [0.25, 0.3) is 0 Å². The highest BCUT2D eigenvalue weighted by Crippen LogP contribution is 2.07. The molecule has 9 N–H and O–H groups in total. The van der Waals surface area contributed by atoms with Gasteiger partial charge in [0.05, 0.1) is 25.7 Å². The first-order valence-corrected chi connectivity index (χ1v) is 13.9. The molecule has 0 aliphatic carbocycles. The second kappa shape index (κ2) is 18.1.